The maximum Gasteiger partial charge on any atom is 0.155 e. The average Bonchev–Trinajstić information content (AvgIpc) is 2.61. The van der Waals surface area contributed by atoms with Crippen LogP contribution in [0.25, 0.3) is 5.65 Å². The number of aliphatic hydroxyl groups is 1. The lowest BCUT2D eigenvalue weighted by Crippen LogP contribution is -2.32. The Balaban J connectivity index is 2.64. The third kappa shape index (κ3) is 1.26. The van der Waals surface area contributed by atoms with Crippen LogP contribution in [0.5, 0.6) is 0 Å². The lowest BCUT2D eigenvalue weighted by molar-refractivity contribution is 0.0613. The first-order valence-electron chi connectivity index (χ1n) is 4.35. The molecule has 14 heavy (non-hydrogen) atoms. The van der Waals surface area contributed by atoms with E-state index in [9.17, 15) is 5.11 Å². The third-order valence-electron chi connectivity index (χ3n) is 2.27. The summed E-state index contributed by atoms with van der Waals surface area (Å²) in [5, 5.41) is 9.98. The second-order valence-electron chi connectivity index (χ2n) is 3.43. The van der Waals surface area contributed by atoms with Crippen LogP contribution in [0.3, 0.4) is 0 Å². The van der Waals surface area contributed by atoms with Crippen molar-refractivity contribution < 1.29 is 5.11 Å². The highest BCUT2D eigenvalue weighted by Crippen LogP contribution is 2.19. The Hall–Kier alpha value is -1.46. The topological polar surface area (TPSA) is 76.4 Å². The number of nitrogens with zero attached hydrogens (tertiary/aromatic N) is 3. The predicted molar refractivity (Wildman–Crippen MR) is 51.6 cm³/mol. The predicted octanol–water partition coefficient (Wildman–Crippen LogP) is -0.105. The van der Waals surface area contributed by atoms with Gasteiger partial charge in [0.1, 0.15) is 5.60 Å². The average molecular weight is 192 g/mol. The van der Waals surface area contributed by atoms with Crippen LogP contribution in [0.2, 0.25) is 0 Å². The molecular formula is C9H12N4O. The van der Waals surface area contributed by atoms with Gasteiger partial charge in [-0.15, -0.1) is 0 Å². The minimum Gasteiger partial charge on any atom is -0.383 e. The highest BCUT2D eigenvalue weighted by atomic mass is 16.3. The van der Waals surface area contributed by atoms with Crippen molar-refractivity contribution in [1.82, 2.24) is 14.4 Å². The van der Waals surface area contributed by atoms with Crippen molar-refractivity contribution in [1.29, 1.82) is 0 Å². The van der Waals surface area contributed by atoms with Crippen molar-refractivity contribution in [3.8, 4) is 0 Å². The molecule has 0 bridgehead atoms. The summed E-state index contributed by atoms with van der Waals surface area (Å²) in [5.41, 5.74) is 5.81. The van der Waals surface area contributed by atoms with E-state index in [1.54, 1.807) is 36.1 Å². The number of hydrogen-bond acceptors (Lipinski definition) is 4. The minimum absolute atomic E-state index is 0.156. The van der Waals surface area contributed by atoms with E-state index in [1.807, 2.05) is 0 Å². The molecule has 0 saturated carbocycles. The summed E-state index contributed by atoms with van der Waals surface area (Å²) in [7, 11) is 0. The van der Waals surface area contributed by atoms with Crippen LogP contribution >= 0.6 is 0 Å². The van der Waals surface area contributed by atoms with Crippen LogP contribution in [0, 0.1) is 0 Å². The Morgan fingerprint density at radius 2 is 2.36 bits per heavy atom. The fourth-order valence-electron chi connectivity index (χ4n) is 1.35. The highest BCUT2D eigenvalue weighted by molar-refractivity contribution is 5.38. The van der Waals surface area contributed by atoms with E-state index in [-0.39, 0.29) is 6.54 Å². The number of fused-ring (bicyclic) bond motifs is 1. The summed E-state index contributed by atoms with van der Waals surface area (Å²) in [5.74, 6) is 0. The van der Waals surface area contributed by atoms with Crippen LogP contribution < -0.4 is 5.73 Å². The first kappa shape index (κ1) is 9.11. The quantitative estimate of drug-likeness (QED) is 0.696. The van der Waals surface area contributed by atoms with Crippen LogP contribution in [0.4, 0.5) is 0 Å². The van der Waals surface area contributed by atoms with Gasteiger partial charge in [-0.05, 0) is 6.92 Å². The van der Waals surface area contributed by atoms with Gasteiger partial charge in [-0.3, -0.25) is 9.38 Å². The van der Waals surface area contributed by atoms with Gasteiger partial charge in [-0.2, -0.15) is 0 Å². The van der Waals surface area contributed by atoms with Gasteiger partial charge in [0, 0.05) is 18.9 Å². The fourth-order valence-corrected chi connectivity index (χ4v) is 1.35. The molecule has 0 fully saturated rings. The van der Waals surface area contributed by atoms with Crippen molar-refractivity contribution in [3.05, 3.63) is 30.5 Å². The molecule has 0 aliphatic rings. The Morgan fingerprint density at radius 1 is 1.57 bits per heavy atom. The normalized spacial score (nSPS) is 15.6. The number of nitrogens with two attached hydrogens (primary N) is 1. The Labute approximate surface area is 81.2 Å². The van der Waals surface area contributed by atoms with Gasteiger partial charge in [0.15, 0.2) is 5.65 Å². The summed E-state index contributed by atoms with van der Waals surface area (Å²) in [6.45, 7) is 1.82. The molecule has 1 unspecified atom stereocenters. The van der Waals surface area contributed by atoms with Crippen molar-refractivity contribution in [2.75, 3.05) is 6.54 Å². The van der Waals surface area contributed by atoms with Gasteiger partial charge in [-0.1, -0.05) is 0 Å². The van der Waals surface area contributed by atoms with E-state index in [0.717, 1.165) is 0 Å². The van der Waals surface area contributed by atoms with Gasteiger partial charge in [-0.25, -0.2) is 4.98 Å². The zero-order chi connectivity index (χ0) is 10.2. The van der Waals surface area contributed by atoms with Gasteiger partial charge >= 0.3 is 0 Å². The second kappa shape index (κ2) is 3.04. The molecule has 0 saturated heterocycles. The molecule has 2 rings (SSSR count). The second-order valence-corrected chi connectivity index (χ2v) is 3.43. The molecule has 74 valence electrons. The Bertz CT molecular complexity index is 449. The Kier molecular flexibility index (Phi) is 1.98. The van der Waals surface area contributed by atoms with E-state index in [4.69, 9.17) is 5.73 Å². The van der Waals surface area contributed by atoms with E-state index >= 15 is 0 Å². The lowest BCUT2D eigenvalue weighted by atomic mass is 10.0. The van der Waals surface area contributed by atoms with E-state index in [0.29, 0.717) is 11.3 Å². The van der Waals surface area contributed by atoms with E-state index in [2.05, 4.69) is 9.97 Å². The van der Waals surface area contributed by atoms with Gasteiger partial charge in [0.05, 0.1) is 18.1 Å². The van der Waals surface area contributed by atoms with Crippen molar-refractivity contribution in [3.63, 3.8) is 0 Å². The highest BCUT2D eigenvalue weighted by Gasteiger charge is 2.24. The van der Waals surface area contributed by atoms with Crippen molar-refractivity contribution >= 4 is 5.65 Å². The molecule has 5 heteroatoms. The van der Waals surface area contributed by atoms with Crippen molar-refractivity contribution in [2.24, 2.45) is 5.73 Å². The molecule has 0 radical (unpaired) electrons. The SMILES string of the molecule is CC(O)(CN)c1cnc2cnccn12. The molecular weight excluding hydrogens is 180 g/mol. The summed E-state index contributed by atoms with van der Waals surface area (Å²) in [6.07, 6.45) is 6.65. The standard InChI is InChI=1S/C9H12N4O/c1-9(14,6-10)7-4-12-8-5-11-2-3-13(7)8/h2-5,14H,6,10H2,1H3. The molecule has 0 aliphatic heterocycles. The van der Waals surface area contributed by atoms with Crippen LogP contribution in [0.1, 0.15) is 12.6 Å². The summed E-state index contributed by atoms with van der Waals surface area (Å²) in [4.78, 5) is 8.06. The summed E-state index contributed by atoms with van der Waals surface area (Å²) < 4.78 is 1.78. The number of imidazole rings is 1. The lowest BCUT2D eigenvalue weighted by Gasteiger charge is -2.20. The van der Waals surface area contributed by atoms with Gasteiger partial charge in [0.25, 0.3) is 0 Å². The van der Waals surface area contributed by atoms with Gasteiger partial charge in [0.2, 0.25) is 0 Å². The molecule has 0 aromatic carbocycles. The molecule has 0 spiro atoms. The zero-order valence-electron chi connectivity index (χ0n) is 7.88. The molecule has 2 aromatic rings. The maximum absolute atomic E-state index is 9.98. The number of rotatable bonds is 2. The number of aromatic nitrogens is 3. The molecule has 2 aromatic heterocycles. The maximum atomic E-state index is 9.98. The summed E-state index contributed by atoms with van der Waals surface area (Å²) >= 11 is 0. The van der Waals surface area contributed by atoms with E-state index < -0.39 is 5.60 Å². The molecule has 5 nitrogen and oxygen atoms in total. The third-order valence-corrected chi connectivity index (χ3v) is 2.27. The van der Waals surface area contributed by atoms with Crippen molar-refractivity contribution in [2.45, 2.75) is 12.5 Å². The first-order valence-corrected chi connectivity index (χ1v) is 4.35. The smallest absolute Gasteiger partial charge is 0.155 e. The molecule has 0 amide bonds. The monoisotopic (exact) mass is 192 g/mol. The van der Waals surface area contributed by atoms with Crippen LogP contribution in [0.15, 0.2) is 24.8 Å². The first-order chi connectivity index (χ1) is 6.65. The van der Waals surface area contributed by atoms with Crippen LogP contribution in [-0.4, -0.2) is 26.0 Å². The minimum atomic E-state index is -1.05. The largest absolute Gasteiger partial charge is 0.383 e. The van der Waals surface area contributed by atoms with E-state index in [1.165, 1.54) is 0 Å². The Morgan fingerprint density at radius 3 is 3.07 bits per heavy atom. The fraction of sp³-hybridized carbons (Fsp3) is 0.333. The van der Waals surface area contributed by atoms with Gasteiger partial charge < -0.3 is 10.8 Å². The number of hydrogen-bond donors (Lipinski definition) is 2. The molecule has 0 aliphatic carbocycles. The molecule has 3 N–H and O–H groups in total. The molecule has 1 atom stereocenters. The summed E-state index contributed by atoms with van der Waals surface area (Å²) in [6, 6.07) is 0. The zero-order valence-corrected chi connectivity index (χ0v) is 7.88. The molecule has 2 heterocycles. The van der Waals surface area contributed by atoms with Crippen LogP contribution in [-0.2, 0) is 5.60 Å².